The molecular formula is C39H57N5O3. The third kappa shape index (κ3) is 4.77. The highest BCUT2D eigenvalue weighted by molar-refractivity contribution is 5.79. The number of hydrogen-bond donors (Lipinski definition) is 3. The van der Waals surface area contributed by atoms with Crippen LogP contribution < -0.4 is 5.32 Å². The van der Waals surface area contributed by atoms with Gasteiger partial charge in [0.05, 0.1) is 11.5 Å². The molecular weight excluding hydrogens is 586 g/mol. The Morgan fingerprint density at radius 2 is 1.74 bits per heavy atom. The lowest BCUT2D eigenvalue weighted by Gasteiger charge is -2.71. The number of fused-ring (bicyclic) bond motifs is 7. The Morgan fingerprint density at radius 1 is 0.979 bits per heavy atom. The summed E-state index contributed by atoms with van der Waals surface area (Å²) in [5, 5.41) is 28.7. The van der Waals surface area contributed by atoms with Gasteiger partial charge in [-0.2, -0.15) is 5.21 Å². The summed E-state index contributed by atoms with van der Waals surface area (Å²) in [4.78, 5) is 14.4. The highest BCUT2D eigenvalue weighted by Crippen LogP contribution is 2.75. The number of aromatic amines is 1. The van der Waals surface area contributed by atoms with Crippen LogP contribution >= 0.6 is 0 Å². The normalized spacial score (nSPS) is 42.2. The molecule has 7 rings (SSSR count). The number of aliphatic hydroxyl groups is 1. The van der Waals surface area contributed by atoms with Crippen molar-refractivity contribution < 1.29 is 14.6 Å². The molecule has 256 valence electrons. The Kier molecular flexibility index (Phi) is 7.97. The Bertz CT molecular complexity index is 1500. The van der Waals surface area contributed by atoms with Crippen molar-refractivity contribution >= 4 is 11.7 Å². The van der Waals surface area contributed by atoms with Gasteiger partial charge in [-0.1, -0.05) is 60.1 Å². The van der Waals surface area contributed by atoms with E-state index in [9.17, 15) is 9.90 Å². The Balaban J connectivity index is 1.10. The minimum atomic E-state index is -0.440. The number of hydrogen-bond acceptors (Lipinski definition) is 7. The van der Waals surface area contributed by atoms with Gasteiger partial charge in [-0.05, 0) is 139 Å². The van der Waals surface area contributed by atoms with E-state index in [0.717, 1.165) is 56.2 Å². The van der Waals surface area contributed by atoms with Crippen LogP contribution in [-0.2, 0) is 9.53 Å². The first-order valence-electron chi connectivity index (χ1n) is 18.4. The number of allylic oxidation sites excluding steroid dienone is 2. The number of esters is 1. The Hall–Kier alpha value is -2.74. The number of carbonyl (C=O) groups is 1. The second-order valence-corrected chi connectivity index (χ2v) is 17.6. The lowest BCUT2D eigenvalue weighted by molar-refractivity contribution is -0.207. The zero-order valence-corrected chi connectivity index (χ0v) is 29.7. The minimum absolute atomic E-state index is 0.0180. The van der Waals surface area contributed by atoms with Crippen LogP contribution in [0.2, 0.25) is 0 Å². The average molecular weight is 644 g/mol. The summed E-state index contributed by atoms with van der Waals surface area (Å²) in [7, 11) is 0. The van der Waals surface area contributed by atoms with Crippen LogP contribution in [0.3, 0.4) is 0 Å². The van der Waals surface area contributed by atoms with E-state index in [-0.39, 0.29) is 39.7 Å². The number of H-pyrrole nitrogens is 1. The van der Waals surface area contributed by atoms with E-state index in [1.807, 2.05) is 24.3 Å². The van der Waals surface area contributed by atoms with E-state index in [4.69, 9.17) is 4.74 Å². The number of aliphatic hydroxyl groups excluding tert-OH is 1. The molecule has 0 bridgehead atoms. The summed E-state index contributed by atoms with van der Waals surface area (Å²) in [6.45, 7) is 18.1. The summed E-state index contributed by atoms with van der Waals surface area (Å²) in [6, 6.07) is 7.89. The maximum absolute atomic E-state index is 14.4. The van der Waals surface area contributed by atoms with Gasteiger partial charge >= 0.3 is 5.97 Å². The fourth-order valence-corrected chi connectivity index (χ4v) is 12.3. The monoisotopic (exact) mass is 643 g/mol. The van der Waals surface area contributed by atoms with Crippen molar-refractivity contribution in [3.8, 4) is 11.4 Å². The lowest BCUT2D eigenvalue weighted by Crippen LogP contribution is -2.65. The average Bonchev–Trinajstić information content (AvgIpc) is 3.59. The van der Waals surface area contributed by atoms with Crippen LogP contribution in [0.4, 0.5) is 5.69 Å². The molecule has 4 saturated carbocycles. The molecule has 0 amide bonds. The van der Waals surface area contributed by atoms with Gasteiger partial charge in [-0.3, -0.25) is 4.79 Å². The van der Waals surface area contributed by atoms with Gasteiger partial charge in [-0.25, -0.2) is 0 Å². The molecule has 1 heterocycles. The first-order chi connectivity index (χ1) is 22.3. The van der Waals surface area contributed by atoms with Crippen molar-refractivity contribution in [3.63, 3.8) is 0 Å². The number of carbonyl (C=O) groups excluding carboxylic acids is 1. The number of nitrogens with zero attached hydrogens (tertiary/aromatic N) is 3. The molecule has 0 spiro atoms. The summed E-state index contributed by atoms with van der Waals surface area (Å²) in [6.07, 6.45) is 11.9. The molecule has 8 nitrogen and oxygen atoms in total. The third-order valence-corrected chi connectivity index (χ3v) is 15.5. The van der Waals surface area contributed by atoms with E-state index in [1.165, 1.54) is 12.8 Å². The van der Waals surface area contributed by atoms with Crippen LogP contribution in [0.25, 0.3) is 11.4 Å². The van der Waals surface area contributed by atoms with Crippen LogP contribution in [0, 0.1) is 56.7 Å². The molecule has 10 atom stereocenters. The molecule has 0 aliphatic heterocycles. The van der Waals surface area contributed by atoms with Gasteiger partial charge in [0.25, 0.3) is 0 Å². The summed E-state index contributed by atoms with van der Waals surface area (Å²) in [5.74, 6) is 2.97. The van der Waals surface area contributed by atoms with Crippen molar-refractivity contribution in [2.75, 3.05) is 18.5 Å². The first kappa shape index (κ1) is 32.8. The second kappa shape index (κ2) is 11.4. The van der Waals surface area contributed by atoms with E-state index in [2.05, 4.69) is 80.5 Å². The van der Waals surface area contributed by atoms with E-state index < -0.39 is 5.41 Å². The molecule has 1 aromatic heterocycles. The summed E-state index contributed by atoms with van der Waals surface area (Å²) in [5.41, 5.74) is 3.42. The van der Waals surface area contributed by atoms with Crippen molar-refractivity contribution in [3.05, 3.63) is 35.9 Å². The number of ether oxygens (including phenoxy) is 1. The smallest absolute Gasteiger partial charge is 0.312 e. The fraction of sp³-hybridized carbons (Fsp3) is 0.744. The molecule has 1 aromatic carbocycles. The zero-order chi connectivity index (χ0) is 33.4. The number of benzene rings is 1. The molecule has 47 heavy (non-hydrogen) atoms. The van der Waals surface area contributed by atoms with E-state index >= 15 is 0 Å². The predicted molar refractivity (Wildman–Crippen MR) is 184 cm³/mol. The molecule has 0 unspecified atom stereocenters. The largest absolute Gasteiger partial charge is 0.463 e. The Labute approximate surface area is 281 Å². The van der Waals surface area contributed by atoms with Gasteiger partial charge in [0.15, 0.2) is 0 Å². The topological polar surface area (TPSA) is 113 Å². The quantitative estimate of drug-likeness (QED) is 0.167. The lowest BCUT2D eigenvalue weighted by atomic mass is 9.33. The molecule has 0 radical (unpaired) electrons. The predicted octanol–water partition coefficient (Wildman–Crippen LogP) is 7.84. The number of rotatable bonds is 6. The molecule has 3 N–H and O–H groups in total. The van der Waals surface area contributed by atoms with Gasteiger partial charge in [0.1, 0.15) is 6.61 Å². The summed E-state index contributed by atoms with van der Waals surface area (Å²) >= 11 is 0. The Morgan fingerprint density at radius 3 is 2.47 bits per heavy atom. The van der Waals surface area contributed by atoms with E-state index in [1.54, 1.807) is 5.57 Å². The van der Waals surface area contributed by atoms with Crippen molar-refractivity contribution in [1.82, 2.24) is 20.6 Å². The minimum Gasteiger partial charge on any atom is -0.463 e. The number of anilines is 1. The number of tetrazole rings is 1. The van der Waals surface area contributed by atoms with Gasteiger partial charge < -0.3 is 15.2 Å². The highest BCUT2D eigenvalue weighted by atomic mass is 16.5. The van der Waals surface area contributed by atoms with Gasteiger partial charge in [0, 0.05) is 17.8 Å². The van der Waals surface area contributed by atoms with Crippen LogP contribution in [0.1, 0.15) is 106 Å². The SMILES string of the molecule is C[C@H]1[C@H](C)CC[C@]2(C(=O)OCCNc3ccc(-c4nn[nH]n4)cc3)CC[C@]3(C)C(=CC[C@@H]4[C@@]5(C)CC[C@H](O)C(C)(C)[C@@H]5CC[C@]43C)[C@H]12. The zero-order valence-electron chi connectivity index (χ0n) is 29.7. The van der Waals surface area contributed by atoms with Gasteiger partial charge in [0.2, 0.25) is 5.82 Å². The third-order valence-electron chi connectivity index (χ3n) is 15.5. The first-order valence-corrected chi connectivity index (χ1v) is 18.4. The molecule has 4 fully saturated rings. The molecule has 8 heteroatoms. The maximum atomic E-state index is 14.4. The van der Waals surface area contributed by atoms with Crippen molar-refractivity contribution in [1.29, 1.82) is 0 Å². The number of nitrogens with one attached hydrogen (secondary N) is 2. The van der Waals surface area contributed by atoms with E-state index in [0.29, 0.717) is 42.6 Å². The van der Waals surface area contributed by atoms with Crippen LogP contribution in [-0.4, -0.2) is 51.0 Å². The van der Waals surface area contributed by atoms with Crippen molar-refractivity contribution in [2.45, 2.75) is 112 Å². The van der Waals surface area contributed by atoms with Gasteiger partial charge in [-0.15, -0.1) is 10.2 Å². The fourth-order valence-electron chi connectivity index (χ4n) is 12.3. The van der Waals surface area contributed by atoms with Crippen molar-refractivity contribution in [2.24, 2.45) is 56.7 Å². The number of aromatic nitrogens is 4. The molecule has 5 aliphatic carbocycles. The molecule has 5 aliphatic rings. The molecule has 2 aromatic rings. The maximum Gasteiger partial charge on any atom is 0.312 e. The van der Waals surface area contributed by atoms with Crippen LogP contribution in [0.15, 0.2) is 35.9 Å². The standard InChI is InChI=1S/C39H57N5O3/c1-24-14-19-39(34(46)47-23-22-40-27-10-8-26(9-11-27)33-41-43-44-42-33)21-20-37(6)28(32(39)25(24)2)12-13-30-36(5)17-16-31(45)35(3,4)29(36)15-18-38(30,37)7/h8-12,24-25,29-32,40,45H,13-23H2,1-7H3,(H,41,42,43,44)/t24-,25+,29+,30-,31+,32+,36+,37-,38-,39+/m1/s1. The second-order valence-electron chi connectivity index (χ2n) is 17.6. The highest BCUT2D eigenvalue weighted by Gasteiger charge is 2.69. The van der Waals surface area contributed by atoms with Crippen LogP contribution in [0.5, 0.6) is 0 Å². The molecule has 0 saturated heterocycles. The summed E-state index contributed by atoms with van der Waals surface area (Å²) < 4.78 is 6.21.